The number of halogens is 1. The molecule has 0 fully saturated rings. The summed E-state index contributed by atoms with van der Waals surface area (Å²) in [5.74, 6) is 0.683. The summed E-state index contributed by atoms with van der Waals surface area (Å²) in [6.07, 6.45) is 3.81. The maximum absolute atomic E-state index is 13.6. The lowest BCUT2D eigenvalue weighted by atomic mass is 10.1. The van der Waals surface area contributed by atoms with E-state index in [9.17, 15) is 4.79 Å². The highest BCUT2D eigenvalue weighted by Gasteiger charge is 2.30. The van der Waals surface area contributed by atoms with Crippen molar-refractivity contribution in [2.24, 2.45) is 0 Å². The Bertz CT molecular complexity index is 1390. The van der Waals surface area contributed by atoms with Crippen LogP contribution in [0.2, 0.25) is 5.02 Å². The summed E-state index contributed by atoms with van der Waals surface area (Å²) in [6.45, 7) is 0. The van der Waals surface area contributed by atoms with E-state index in [0.717, 1.165) is 39.6 Å². The van der Waals surface area contributed by atoms with Crippen molar-refractivity contribution in [2.75, 3.05) is 17.3 Å². The third-order valence-electron chi connectivity index (χ3n) is 5.75. The minimum absolute atomic E-state index is 0.0884. The standard InChI is InChI=1S/C30H23ClN2O2/c1-35-28-17-7-21(8-18-28)19-23-20-29(22-9-11-24(31)12-10-22)33(30(23)34)27-15-13-26(14-16-27)32-25-5-3-2-4-6-25/h2-20,32H,1H3/b23-19-. The molecule has 1 aliphatic heterocycles. The Morgan fingerprint density at radius 2 is 1.46 bits per heavy atom. The molecule has 1 aliphatic rings. The Morgan fingerprint density at radius 3 is 2.11 bits per heavy atom. The highest BCUT2D eigenvalue weighted by Crippen LogP contribution is 2.36. The predicted molar refractivity (Wildman–Crippen MR) is 144 cm³/mol. The number of methoxy groups -OCH3 is 1. The molecular weight excluding hydrogens is 456 g/mol. The number of amides is 1. The van der Waals surface area contributed by atoms with Gasteiger partial charge in [-0.15, -0.1) is 0 Å². The summed E-state index contributed by atoms with van der Waals surface area (Å²) in [4.78, 5) is 15.3. The largest absolute Gasteiger partial charge is 0.497 e. The molecule has 0 bridgehead atoms. The molecular formula is C30H23ClN2O2. The summed E-state index contributed by atoms with van der Waals surface area (Å²) in [5, 5.41) is 4.03. The minimum atomic E-state index is -0.0884. The molecule has 0 saturated heterocycles. The zero-order valence-electron chi connectivity index (χ0n) is 19.1. The molecule has 4 aromatic rings. The van der Waals surface area contributed by atoms with E-state index in [-0.39, 0.29) is 5.91 Å². The van der Waals surface area contributed by atoms with Crippen molar-refractivity contribution in [1.29, 1.82) is 0 Å². The maximum Gasteiger partial charge on any atom is 0.262 e. The van der Waals surface area contributed by atoms with Crippen LogP contribution in [0.25, 0.3) is 11.8 Å². The van der Waals surface area contributed by atoms with Gasteiger partial charge in [0.15, 0.2) is 0 Å². The quantitative estimate of drug-likeness (QED) is 0.291. The van der Waals surface area contributed by atoms with E-state index in [1.54, 1.807) is 12.0 Å². The Morgan fingerprint density at radius 1 is 0.800 bits per heavy atom. The second-order valence-electron chi connectivity index (χ2n) is 8.09. The van der Waals surface area contributed by atoms with Crippen molar-refractivity contribution in [3.63, 3.8) is 0 Å². The zero-order chi connectivity index (χ0) is 24.2. The van der Waals surface area contributed by atoms with Gasteiger partial charge in [-0.3, -0.25) is 9.69 Å². The molecule has 1 amide bonds. The number of benzene rings is 4. The molecule has 1 N–H and O–H groups in total. The Hall–Kier alpha value is -4.28. The van der Waals surface area contributed by atoms with Crippen LogP contribution < -0.4 is 15.0 Å². The topological polar surface area (TPSA) is 41.6 Å². The van der Waals surface area contributed by atoms with E-state index < -0.39 is 0 Å². The number of carbonyl (C=O) groups excluding carboxylic acids is 1. The normalized spacial score (nSPS) is 14.2. The van der Waals surface area contributed by atoms with E-state index >= 15 is 0 Å². The molecule has 0 unspecified atom stereocenters. The summed E-state index contributed by atoms with van der Waals surface area (Å²) in [7, 11) is 1.63. The second kappa shape index (κ2) is 9.92. The zero-order valence-corrected chi connectivity index (χ0v) is 19.9. The fraction of sp³-hybridized carbons (Fsp3) is 0.0333. The van der Waals surface area contributed by atoms with Crippen LogP contribution >= 0.6 is 11.6 Å². The van der Waals surface area contributed by atoms with Crippen molar-refractivity contribution in [3.8, 4) is 5.75 Å². The summed E-state index contributed by atoms with van der Waals surface area (Å²) < 4.78 is 5.24. The van der Waals surface area contributed by atoms with Crippen LogP contribution in [0.15, 0.2) is 115 Å². The lowest BCUT2D eigenvalue weighted by Crippen LogP contribution is -2.24. The van der Waals surface area contributed by atoms with Gasteiger partial charge in [-0.05, 0) is 83.9 Å². The fourth-order valence-electron chi connectivity index (χ4n) is 3.97. The number of ether oxygens (including phenoxy) is 1. The molecule has 5 heteroatoms. The molecule has 0 radical (unpaired) electrons. The van der Waals surface area contributed by atoms with Crippen molar-refractivity contribution < 1.29 is 9.53 Å². The van der Waals surface area contributed by atoms with Crippen LogP contribution in [0.4, 0.5) is 17.1 Å². The average molecular weight is 479 g/mol. The van der Waals surface area contributed by atoms with Gasteiger partial charge in [0.1, 0.15) is 5.75 Å². The van der Waals surface area contributed by atoms with Crippen molar-refractivity contribution in [3.05, 3.63) is 131 Å². The van der Waals surface area contributed by atoms with Gasteiger partial charge in [-0.1, -0.05) is 54.1 Å². The molecule has 1 heterocycles. The number of nitrogens with zero attached hydrogens (tertiary/aromatic N) is 1. The van der Waals surface area contributed by atoms with Crippen molar-refractivity contribution in [1.82, 2.24) is 0 Å². The number of rotatable bonds is 6. The number of hydrogen-bond acceptors (Lipinski definition) is 3. The molecule has 172 valence electrons. The van der Waals surface area contributed by atoms with E-state index in [1.807, 2.05) is 115 Å². The van der Waals surface area contributed by atoms with Gasteiger partial charge in [0.25, 0.3) is 5.91 Å². The lowest BCUT2D eigenvalue weighted by molar-refractivity contribution is -0.113. The number of para-hydroxylation sites is 1. The van der Waals surface area contributed by atoms with Crippen LogP contribution in [-0.4, -0.2) is 13.0 Å². The first kappa shape index (κ1) is 22.5. The van der Waals surface area contributed by atoms with Gasteiger partial charge in [-0.2, -0.15) is 0 Å². The average Bonchev–Trinajstić information content (AvgIpc) is 3.21. The number of carbonyl (C=O) groups is 1. The summed E-state index contributed by atoms with van der Waals surface area (Å²) >= 11 is 6.12. The molecule has 4 aromatic carbocycles. The molecule has 0 saturated carbocycles. The predicted octanol–water partition coefficient (Wildman–Crippen LogP) is 7.56. The van der Waals surface area contributed by atoms with Gasteiger partial charge in [0.2, 0.25) is 0 Å². The molecule has 0 spiro atoms. The Balaban J connectivity index is 1.49. The van der Waals surface area contributed by atoms with Gasteiger partial charge in [0, 0.05) is 27.7 Å². The Kier molecular flexibility index (Phi) is 6.38. The first-order valence-electron chi connectivity index (χ1n) is 11.2. The molecule has 4 nitrogen and oxygen atoms in total. The number of nitrogens with one attached hydrogen (secondary N) is 1. The van der Waals surface area contributed by atoms with Crippen LogP contribution in [0.5, 0.6) is 5.75 Å². The first-order valence-corrected chi connectivity index (χ1v) is 11.6. The van der Waals surface area contributed by atoms with E-state index in [2.05, 4.69) is 5.32 Å². The van der Waals surface area contributed by atoms with Gasteiger partial charge in [0.05, 0.1) is 12.8 Å². The molecule has 35 heavy (non-hydrogen) atoms. The maximum atomic E-state index is 13.6. The molecule has 0 aromatic heterocycles. The van der Waals surface area contributed by atoms with Crippen LogP contribution in [0.3, 0.4) is 0 Å². The molecule has 0 atom stereocenters. The monoisotopic (exact) mass is 478 g/mol. The highest BCUT2D eigenvalue weighted by atomic mass is 35.5. The van der Waals surface area contributed by atoms with Crippen molar-refractivity contribution in [2.45, 2.75) is 0 Å². The van der Waals surface area contributed by atoms with E-state index in [0.29, 0.717) is 10.6 Å². The summed E-state index contributed by atoms with van der Waals surface area (Å²) in [6, 6.07) is 33.0. The van der Waals surface area contributed by atoms with Gasteiger partial charge < -0.3 is 10.1 Å². The van der Waals surface area contributed by atoms with Crippen molar-refractivity contribution >= 4 is 46.3 Å². The third-order valence-corrected chi connectivity index (χ3v) is 6.00. The van der Waals surface area contributed by atoms with Crippen LogP contribution in [-0.2, 0) is 4.79 Å². The minimum Gasteiger partial charge on any atom is -0.497 e. The first-order chi connectivity index (χ1) is 17.1. The number of hydrogen-bond donors (Lipinski definition) is 1. The third kappa shape index (κ3) is 4.98. The van der Waals surface area contributed by atoms with E-state index in [1.165, 1.54) is 0 Å². The molecule has 5 rings (SSSR count). The van der Waals surface area contributed by atoms with Gasteiger partial charge >= 0.3 is 0 Å². The summed E-state index contributed by atoms with van der Waals surface area (Å²) in [5.41, 5.74) is 5.97. The fourth-order valence-corrected chi connectivity index (χ4v) is 4.09. The van der Waals surface area contributed by atoms with Crippen LogP contribution in [0.1, 0.15) is 11.1 Å². The Labute approximate surface area is 209 Å². The second-order valence-corrected chi connectivity index (χ2v) is 8.52. The molecule has 0 aliphatic carbocycles. The van der Waals surface area contributed by atoms with Crippen LogP contribution in [0, 0.1) is 0 Å². The van der Waals surface area contributed by atoms with Gasteiger partial charge in [-0.25, -0.2) is 0 Å². The van der Waals surface area contributed by atoms with E-state index in [4.69, 9.17) is 16.3 Å². The SMILES string of the molecule is COc1ccc(/C=C2/C=C(c3ccc(Cl)cc3)N(c3ccc(Nc4ccccc4)cc3)C2=O)cc1. The lowest BCUT2D eigenvalue weighted by Gasteiger charge is -2.21. The highest BCUT2D eigenvalue weighted by molar-refractivity contribution is 6.30. The smallest absolute Gasteiger partial charge is 0.262 e. The number of anilines is 3.